The summed E-state index contributed by atoms with van der Waals surface area (Å²) in [5, 5.41) is 2.78. The summed E-state index contributed by atoms with van der Waals surface area (Å²) in [5.41, 5.74) is 1.78. The molecule has 0 unspecified atom stereocenters. The van der Waals surface area contributed by atoms with Crippen LogP contribution in [0.2, 0.25) is 0 Å². The third-order valence-corrected chi connectivity index (χ3v) is 6.29. The molecule has 8 nitrogen and oxygen atoms in total. The molecule has 9 heteroatoms. The zero-order valence-electron chi connectivity index (χ0n) is 17.4. The number of nitrogens with one attached hydrogen (secondary N) is 1. The van der Waals surface area contributed by atoms with Crippen LogP contribution in [0, 0.1) is 0 Å². The zero-order chi connectivity index (χ0) is 22.4. The van der Waals surface area contributed by atoms with Gasteiger partial charge >= 0.3 is 0 Å². The summed E-state index contributed by atoms with van der Waals surface area (Å²) >= 11 is 0. The van der Waals surface area contributed by atoms with E-state index in [0.29, 0.717) is 29.4 Å². The summed E-state index contributed by atoms with van der Waals surface area (Å²) in [6.07, 6.45) is 3.36. The summed E-state index contributed by atoms with van der Waals surface area (Å²) in [5.74, 6) is 0.633. The molecule has 0 aliphatic heterocycles. The lowest BCUT2D eigenvalue weighted by Crippen LogP contribution is -2.22. The first-order chi connectivity index (χ1) is 14.8. The summed E-state index contributed by atoms with van der Waals surface area (Å²) in [6.45, 7) is 0.318. The zero-order valence-corrected chi connectivity index (χ0v) is 18.2. The van der Waals surface area contributed by atoms with Gasteiger partial charge in [-0.25, -0.2) is 12.7 Å². The Morgan fingerprint density at radius 3 is 2.29 bits per heavy atom. The van der Waals surface area contributed by atoms with Gasteiger partial charge in [0.1, 0.15) is 6.61 Å². The SMILES string of the molecule is COc1ccc(NC(=O)c2ccc(S(=O)(=O)N(C)C)cc2)cc1OCc1ccncc1. The van der Waals surface area contributed by atoms with Gasteiger partial charge in [-0.15, -0.1) is 0 Å². The van der Waals surface area contributed by atoms with Gasteiger partial charge in [-0.2, -0.15) is 0 Å². The number of anilines is 1. The first kappa shape index (κ1) is 22.3. The van der Waals surface area contributed by atoms with E-state index in [1.807, 2.05) is 12.1 Å². The fourth-order valence-electron chi connectivity index (χ4n) is 2.70. The van der Waals surface area contributed by atoms with Crippen LogP contribution in [0.4, 0.5) is 5.69 Å². The first-order valence-electron chi connectivity index (χ1n) is 9.35. The van der Waals surface area contributed by atoms with Crippen molar-refractivity contribution in [3.8, 4) is 11.5 Å². The average Bonchev–Trinajstić information content (AvgIpc) is 2.78. The van der Waals surface area contributed by atoms with Crippen LogP contribution < -0.4 is 14.8 Å². The second kappa shape index (κ2) is 9.59. The van der Waals surface area contributed by atoms with Crippen LogP contribution in [0.1, 0.15) is 15.9 Å². The quantitative estimate of drug-likeness (QED) is 0.577. The summed E-state index contributed by atoms with van der Waals surface area (Å²) < 4.78 is 36.6. The molecule has 0 bridgehead atoms. The Bertz CT molecular complexity index is 1150. The maximum atomic E-state index is 12.6. The molecule has 0 fully saturated rings. The predicted octanol–water partition coefficient (Wildman–Crippen LogP) is 3.17. The van der Waals surface area contributed by atoms with Crippen LogP contribution in [0.3, 0.4) is 0 Å². The number of amides is 1. The van der Waals surface area contributed by atoms with Crippen molar-refractivity contribution in [3.63, 3.8) is 0 Å². The number of pyridine rings is 1. The fourth-order valence-corrected chi connectivity index (χ4v) is 3.60. The Kier molecular flexibility index (Phi) is 6.88. The van der Waals surface area contributed by atoms with Gasteiger partial charge in [-0.1, -0.05) is 0 Å². The van der Waals surface area contributed by atoms with E-state index in [2.05, 4.69) is 10.3 Å². The summed E-state index contributed by atoms with van der Waals surface area (Å²) in [6, 6.07) is 14.5. The molecule has 0 saturated heterocycles. The monoisotopic (exact) mass is 441 g/mol. The van der Waals surface area contributed by atoms with Crippen molar-refractivity contribution in [2.75, 3.05) is 26.5 Å². The molecule has 0 radical (unpaired) electrons. The maximum absolute atomic E-state index is 12.6. The van der Waals surface area contributed by atoms with Gasteiger partial charge in [0.15, 0.2) is 11.5 Å². The molecule has 0 aliphatic carbocycles. The minimum absolute atomic E-state index is 0.116. The van der Waals surface area contributed by atoms with Crippen LogP contribution >= 0.6 is 0 Å². The minimum atomic E-state index is -3.55. The topological polar surface area (TPSA) is 97.8 Å². The van der Waals surface area contributed by atoms with Gasteiger partial charge in [-0.05, 0) is 54.1 Å². The van der Waals surface area contributed by atoms with Crippen molar-refractivity contribution < 1.29 is 22.7 Å². The molecule has 3 aromatic rings. The highest BCUT2D eigenvalue weighted by molar-refractivity contribution is 7.89. The Labute approximate surface area is 181 Å². The number of aromatic nitrogens is 1. The first-order valence-corrected chi connectivity index (χ1v) is 10.8. The largest absolute Gasteiger partial charge is 0.493 e. The number of ether oxygens (including phenoxy) is 2. The molecule has 31 heavy (non-hydrogen) atoms. The highest BCUT2D eigenvalue weighted by Gasteiger charge is 2.18. The highest BCUT2D eigenvalue weighted by atomic mass is 32.2. The van der Waals surface area contributed by atoms with Crippen LogP contribution in [0.15, 0.2) is 71.9 Å². The van der Waals surface area contributed by atoms with E-state index in [4.69, 9.17) is 9.47 Å². The molecule has 0 atom stereocenters. The van der Waals surface area contributed by atoms with E-state index in [9.17, 15) is 13.2 Å². The Hall–Kier alpha value is -3.43. The van der Waals surface area contributed by atoms with Crippen LogP contribution in [-0.2, 0) is 16.6 Å². The van der Waals surface area contributed by atoms with Crippen molar-refractivity contribution in [1.82, 2.24) is 9.29 Å². The molecule has 3 rings (SSSR count). The molecule has 1 aromatic heterocycles. The van der Waals surface area contributed by atoms with Crippen molar-refractivity contribution in [2.24, 2.45) is 0 Å². The van der Waals surface area contributed by atoms with E-state index >= 15 is 0 Å². The van der Waals surface area contributed by atoms with E-state index in [1.54, 1.807) is 30.6 Å². The van der Waals surface area contributed by atoms with Gasteiger partial charge in [-0.3, -0.25) is 9.78 Å². The maximum Gasteiger partial charge on any atom is 0.255 e. The van der Waals surface area contributed by atoms with E-state index in [0.717, 1.165) is 9.87 Å². The molecule has 0 aliphatic rings. The molecular formula is C22H23N3O5S. The van der Waals surface area contributed by atoms with Crippen molar-refractivity contribution >= 4 is 21.6 Å². The average molecular weight is 442 g/mol. The predicted molar refractivity (Wildman–Crippen MR) is 117 cm³/mol. The van der Waals surface area contributed by atoms with E-state index < -0.39 is 10.0 Å². The number of nitrogens with zero attached hydrogens (tertiary/aromatic N) is 2. The molecule has 2 aromatic carbocycles. The van der Waals surface area contributed by atoms with Gasteiger partial charge in [0, 0.05) is 43.8 Å². The van der Waals surface area contributed by atoms with Crippen LogP contribution in [0.5, 0.6) is 11.5 Å². The molecule has 162 valence electrons. The summed E-state index contributed by atoms with van der Waals surface area (Å²) in [7, 11) is 0.889. The molecule has 1 heterocycles. The normalized spacial score (nSPS) is 11.2. The van der Waals surface area contributed by atoms with E-state index in [-0.39, 0.29) is 10.8 Å². The van der Waals surface area contributed by atoms with Gasteiger partial charge in [0.25, 0.3) is 5.91 Å². The molecular weight excluding hydrogens is 418 g/mol. The molecule has 1 amide bonds. The molecule has 0 saturated carbocycles. The number of benzene rings is 2. The third-order valence-electron chi connectivity index (χ3n) is 4.46. The number of rotatable bonds is 8. The lowest BCUT2D eigenvalue weighted by atomic mass is 10.2. The smallest absolute Gasteiger partial charge is 0.255 e. The number of hydrogen-bond acceptors (Lipinski definition) is 6. The van der Waals surface area contributed by atoms with Crippen molar-refractivity contribution in [1.29, 1.82) is 0 Å². The number of methoxy groups -OCH3 is 1. The Morgan fingerprint density at radius 2 is 1.68 bits per heavy atom. The number of sulfonamides is 1. The molecule has 0 spiro atoms. The van der Waals surface area contributed by atoms with Gasteiger partial charge in [0.2, 0.25) is 10.0 Å². The summed E-state index contributed by atoms with van der Waals surface area (Å²) in [4.78, 5) is 16.7. The second-order valence-corrected chi connectivity index (χ2v) is 8.93. The lowest BCUT2D eigenvalue weighted by Gasteiger charge is -2.14. The number of carbonyl (C=O) groups is 1. The van der Waals surface area contributed by atoms with Gasteiger partial charge in [0.05, 0.1) is 12.0 Å². The standard InChI is InChI=1S/C22H23N3O5S/c1-25(2)31(27,28)19-7-4-17(5-8-19)22(26)24-18-6-9-20(29-3)21(14-18)30-15-16-10-12-23-13-11-16/h4-14H,15H2,1-3H3,(H,24,26). The molecule has 1 N–H and O–H groups in total. The number of hydrogen-bond donors (Lipinski definition) is 1. The van der Waals surface area contributed by atoms with Gasteiger partial charge < -0.3 is 14.8 Å². The lowest BCUT2D eigenvalue weighted by molar-refractivity contribution is 0.102. The Balaban J connectivity index is 1.73. The van der Waals surface area contributed by atoms with Crippen molar-refractivity contribution in [2.45, 2.75) is 11.5 Å². The second-order valence-electron chi connectivity index (χ2n) is 6.78. The van der Waals surface area contributed by atoms with Crippen LogP contribution in [0.25, 0.3) is 0 Å². The third kappa shape index (κ3) is 5.39. The minimum Gasteiger partial charge on any atom is -0.493 e. The number of carbonyl (C=O) groups excluding carboxylic acids is 1. The highest BCUT2D eigenvalue weighted by Crippen LogP contribution is 2.31. The van der Waals surface area contributed by atoms with Crippen LogP contribution in [-0.4, -0.2) is 44.8 Å². The van der Waals surface area contributed by atoms with E-state index in [1.165, 1.54) is 45.5 Å². The fraction of sp³-hybridized carbons (Fsp3) is 0.182. The van der Waals surface area contributed by atoms with Crippen molar-refractivity contribution in [3.05, 3.63) is 78.1 Å². The Morgan fingerprint density at radius 1 is 1.00 bits per heavy atom.